The van der Waals surface area contributed by atoms with Gasteiger partial charge in [0.2, 0.25) is 29.5 Å². The highest BCUT2D eigenvalue weighted by molar-refractivity contribution is 5.97. The molecule has 5 amide bonds. The highest BCUT2D eigenvalue weighted by Gasteiger charge is 2.55. The van der Waals surface area contributed by atoms with Crippen molar-refractivity contribution in [2.45, 2.75) is 83.0 Å². The molecular formula is C31H41N6O8-. The smallest absolute Gasteiger partial charge is 0.305 e. The molecule has 0 aromatic heterocycles. The molecule has 244 valence electrons. The molecule has 0 saturated heterocycles. The molecule has 0 unspecified atom stereocenters. The number of carbonyl (C=O) groups is 6. The van der Waals surface area contributed by atoms with Crippen LogP contribution in [0.1, 0.15) is 63.9 Å². The van der Waals surface area contributed by atoms with E-state index in [0.717, 1.165) is 24.8 Å². The first kappa shape index (κ1) is 33.4. The van der Waals surface area contributed by atoms with Crippen LogP contribution < -0.4 is 31.7 Å². The lowest BCUT2D eigenvalue weighted by Crippen LogP contribution is -2.59. The predicted octanol–water partition coefficient (Wildman–Crippen LogP) is -0.688. The van der Waals surface area contributed by atoms with Crippen LogP contribution in [0.2, 0.25) is 0 Å². The summed E-state index contributed by atoms with van der Waals surface area (Å²) in [5, 5.41) is 40.6. The summed E-state index contributed by atoms with van der Waals surface area (Å²) in [6, 6.07) is 5.10. The Morgan fingerprint density at radius 2 is 1.42 bits per heavy atom. The number of carboxylic acids is 1. The summed E-state index contributed by atoms with van der Waals surface area (Å²) in [4.78, 5) is 75.9. The number of benzene rings is 1. The van der Waals surface area contributed by atoms with Gasteiger partial charge in [-0.05, 0) is 74.7 Å². The maximum atomic E-state index is 13.5. The van der Waals surface area contributed by atoms with Crippen LogP contribution in [0.25, 0.3) is 0 Å². The molecule has 0 aliphatic heterocycles. The number of hydrogen-bond acceptors (Lipinski definition) is 8. The topological polar surface area (TPSA) is 230 Å². The van der Waals surface area contributed by atoms with E-state index in [-0.39, 0.29) is 12.5 Å². The van der Waals surface area contributed by atoms with E-state index in [1.54, 1.807) is 0 Å². The fourth-order valence-electron chi connectivity index (χ4n) is 7.34. The van der Waals surface area contributed by atoms with Gasteiger partial charge < -0.3 is 42.2 Å². The van der Waals surface area contributed by atoms with Crippen LogP contribution in [0.15, 0.2) is 30.3 Å². The van der Waals surface area contributed by atoms with E-state index in [2.05, 4.69) is 26.6 Å². The molecule has 4 fully saturated rings. The van der Waals surface area contributed by atoms with Gasteiger partial charge in [-0.3, -0.25) is 28.8 Å². The van der Waals surface area contributed by atoms with E-state index in [1.807, 2.05) is 30.3 Å². The Morgan fingerprint density at radius 3 is 1.98 bits per heavy atom. The van der Waals surface area contributed by atoms with Gasteiger partial charge in [0.25, 0.3) is 0 Å². The van der Waals surface area contributed by atoms with E-state index in [0.29, 0.717) is 37.0 Å². The summed E-state index contributed by atoms with van der Waals surface area (Å²) in [6.45, 7) is 1.11. The molecule has 14 nitrogen and oxygen atoms in total. The first-order chi connectivity index (χ1) is 21.3. The molecule has 1 aromatic carbocycles. The normalized spacial score (nSPS) is 24.8. The maximum Gasteiger partial charge on any atom is 0.305 e. The third-order valence-electron chi connectivity index (χ3n) is 9.05. The molecule has 14 heteroatoms. The molecule has 7 N–H and O–H groups in total. The Balaban J connectivity index is 1.30. The van der Waals surface area contributed by atoms with Gasteiger partial charge in [0.1, 0.15) is 18.1 Å². The number of aliphatic carboxylic acids is 1. The zero-order chi connectivity index (χ0) is 32.7. The molecule has 3 atom stereocenters. The molecule has 4 aliphatic rings. The van der Waals surface area contributed by atoms with Crippen LogP contribution in [0, 0.1) is 28.6 Å². The van der Waals surface area contributed by atoms with Crippen LogP contribution >= 0.6 is 0 Å². The summed E-state index contributed by atoms with van der Waals surface area (Å²) in [5.41, 5.74) is 0.217. The quantitative estimate of drug-likeness (QED) is 0.0972. The van der Waals surface area contributed by atoms with Crippen LogP contribution in [0.4, 0.5) is 0 Å². The predicted molar refractivity (Wildman–Crippen MR) is 158 cm³/mol. The van der Waals surface area contributed by atoms with Crippen molar-refractivity contribution in [2.75, 3.05) is 6.54 Å². The number of carboxylic acid groups (broad SMARTS) is 1. The molecular weight excluding hydrogens is 584 g/mol. The lowest BCUT2D eigenvalue weighted by atomic mass is 9.49. The molecule has 4 saturated carbocycles. The van der Waals surface area contributed by atoms with Crippen molar-refractivity contribution in [3.05, 3.63) is 35.9 Å². The Labute approximate surface area is 261 Å². The zero-order valence-corrected chi connectivity index (χ0v) is 25.2. The van der Waals surface area contributed by atoms with Crippen LogP contribution in [0.5, 0.6) is 0 Å². The minimum Gasteiger partial charge on any atom is -0.862 e. The van der Waals surface area contributed by atoms with Crippen molar-refractivity contribution in [1.29, 1.82) is 5.41 Å². The summed E-state index contributed by atoms with van der Waals surface area (Å²) in [7, 11) is 0. The number of amides is 5. The second-order valence-corrected chi connectivity index (χ2v) is 12.7. The maximum absolute atomic E-state index is 13.5. The minimum absolute atomic E-state index is 0.255. The lowest BCUT2D eigenvalue weighted by molar-refractivity contribution is -0.221. The third kappa shape index (κ3) is 9.02. The van der Waals surface area contributed by atoms with Gasteiger partial charge in [0.05, 0.1) is 13.0 Å². The van der Waals surface area contributed by atoms with Gasteiger partial charge in [0.15, 0.2) is 0 Å². The molecule has 45 heavy (non-hydrogen) atoms. The van der Waals surface area contributed by atoms with Gasteiger partial charge in [-0.2, -0.15) is 0 Å². The molecule has 0 heterocycles. The zero-order valence-electron chi connectivity index (χ0n) is 25.2. The van der Waals surface area contributed by atoms with Crippen molar-refractivity contribution in [1.82, 2.24) is 26.6 Å². The molecule has 0 spiro atoms. The van der Waals surface area contributed by atoms with Gasteiger partial charge in [0, 0.05) is 18.4 Å². The number of rotatable bonds is 15. The van der Waals surface area contributed by atoms with Crippen LogP contribution in [0.3, 0.4) is 0 Å². The van der Waals surface area contributed by atoms with Gasteiger partial charge in [-0.25, -0.2) is 0 Å². The van der Waals surface area contributed by atoms with Gasteiger partial charge in [-0.1, -0.05) is 30.3 Å². The van der Waals surface area contributed by atoms with E-state index in [4.69, 9.17) is 5.41 Å². The Kier molecular flexibility index (Phi) is 10.8. The second kappa shape index (κ2) is 14.5. The average molecular weight is 626 g/mol. The van der Waals surface area contributed by atoms with E-state index in [9.17, 15) is 39.0 Å². The van der Waals surface area contributed by atoms with Crippen molar-refractivity contribution in [3.63, 3.8) is 0 Å². The Hall–Kier alpha value is -4.49. The fraction of sp³-hybridized carbons (Fsp3) is 0.581. The molecule has 4 bridgehead atoms. The van der Waals surface area contributed by atoms with Crippen molar-refractivity contribution in [3.8, 4) is 0 Å². The highest BCUT2D eigenvalue weighted by atomic mass is 16.4. The minimum atomic E-state index is -1.60. The molecule has 4 aliphatic carbocycles. The Bertz CT molecular complexity index is 1280. The summed E-state index contributed by atoms with van der Waals surface area (Å²) < 4.78 is 0. The molecule has 5 rings (SSSR count). The monoisotopic (exact) mass is 625 g/mol. The van der Waals surface area contributed by atoms with E-state index < -0.39 is 78.4 Å². The number of hydrogen-bond donors (Lipinski definition) is 7. The second-order valence-electron chi connectivity index (χ2n) is 12.7. The Morgan fingerprint density at radius 1 is 0.844 bits per heavy atom. The number of nitrogens with one attached hydrogen (secondary N) is 6. The average Bonchev–Trinajstić information content (AvgIpc) is 2.97. The van der Waals surface area contributed by atoms with Gasteiger partial charge >= 0.3 is 5.97 Å². The van der Waals surface area contributed by atoms with Crippen molar-refractivity contribution < 1.29 is 39.0 Å². The first-order valence-corrected chi connectivity index (χ1v) is 15.3. The lowest BCUT2D eigenvalue weighted by Gasteiger charge is -2.55. The van der Waals surface area contributed by atoms with Crippen molar-refractivity contribution >= 4 is 41.4 Å². The van der Waals surface area contributed by atoms with Crippen LogP contribution in [-0.2, 0) is 35.3 Å². The molecule has 0 radical (unpaired) electrons. The number of carbonyl (C=O) groups excluding carboxylic acids is 5. The highest BCUT2D eigenvalue weighted by Crippen LogP contribution is 2.60. The van der Waals surface area contributed by atoms with Crippen LogP contribution in [-0.4, -0.2) is 71.2 Å². The van der Waals surface area contributed by atoms with Gasteiger partial charge in [-0.15, -0.1) is 0 Å². The van der Waals surface area contributed by atoms with E-state index >= 15 is 0 Å². The standard InChI is InChI=1S/C31H42N6O8/c1-17(27(42)33-15-18-5-3-2-4-6-18)35-25(39)16-34-28(43)22(10-24(32)38)36-29(44)23(11-26(40)41)37-30(45)31-12-19-7-20(13-31)9-21(8-19)14-31/h2-6,17,19-23H,7-16H2,1H3,(H2,32,38)(H,33,42)(H,34,43)(H,35,39)(H,36,44)(H,37,45)(H,40,41)/p-1/t17-,19?,20?,21?,22-,23-,31?/m0/s1. The first-order valence-electron chi connectivity index (χ1n) is 15.3. The summed E-state index contributed by atoms with van der Waals surface area (Å²) >= 11 is 0. The summed E-state index contributed by atoms with van der Waals surface area (Å²) in [6.07, 6.45) is 3.84. The largest absolute Gasteiger partial charge is 0.862 e. The third-order valence-corrected chi connectivity index (χ3v) is 9.05. The summed E-state index contributed by atoms with van der Waals surface area (Å²) in [5.74, 6) is -4.74. The van der Waals surface area contributed by atoms with E-state index in [1.165, 1.54) is 6.92 Å². The molecule has 1 aromatic rings. The fourth-order valence-corrected chi connectivity index (χ4v) is 7.34. The SMILES string of the molecule is C[C@H](NC(=O)CNC(=O)[C@H](CC(=N)[O-])NC(=O)[C@H](CC(=O)O)NC(=O)C12CC3CC(CC(C3)C1)C2)C(=O)NCc1ccccc1. The van der Waals surface area contributed by atoms with Crippen molar-refractivity contribution in [2.24, 2.45) is 23.2 Å².